The van der Waals surface area contributed by atoms with Crippen molar-refractivity contribution in [3.8, 4) is 0 Å². The number of aromatic nitrogens is 1. The van der Waals surface area contributed by atoms with Crippen molar-refractivity contribution < 1.29 is 22.4 Å². The number of nitrogens with zero attached hydrogens (tertiary/aromatic N) is 1. The molecule has 1 atom stereocenters. The molecule has 0 spiro atoms. The number of carbonyl (C=O) groups excluding carboxylic acids is 1. The fraction of sp³-hybridized carbons (Fsp3) is 0.231. The van der Waals surface area contributed by atoms with Crippen molar-refractivity contribution in [2.75, 3.05) is 7.05 Å². The summed E-state index contributed by atoms with van der Waals surface area (Å²) in [4.78, 5) is 14.7. The Kier molecular flexibility index (Phi) is 10.4. The molecule has 0 fully saturated rings. The van der Waals surface area contributed by atoms with Crippen molar-refractivity contribution in [2.45, 2.75) is 32.5 Å². The second kappa shape index (κ2) is 12.8. The van der Waals surface area contributed by atoms with Crippen LogP contribution in [-0.4, -0.2) is 24.5 Å². The minimum Gasteiger partial charge on any atom is -0.316 e. The molecule has 9 heteroatoms. The van der Waals surface area contributed by atoms with E-state index in [4.69, 9.17) is 23.2 Å². The van der Waals surface area contributed by atoms with Crippen molar-refractivity contribution in [1.82, 2.24) is 10.3 Å². The van der Waals surface area contributed by atoms with E-state index in [1.54, 1.807) is 31.3 Å². The van der Waals surface area contributed by atoms with Crippen LogP contribution >= 0.6 is 23.2 Å². The van der Waals surface area contributed by atoms with Gasteiger partial charge in [0, 0.05) is 18.3 Å². The molecule has 35 heavy (non-hydrogen) atoms. The summed E-state index contributed by atoms with van der Waals surface area (Å²) in [5, 5.41) is 3.23. The molecule has 1 unspecified atom stereocenters. The Morgan fingerprint density at radius 3 is 2.31 bits per heavy atom. The molecule has 3 aromatic rings. The number of benzene rings is 2. The number of halogens is 6. The highest BCUT2D eigenvalue weighted by Crippen LogP contribution is 2.38. The van der Waals surface area contributed by atoms with Crippen LogP contribution in [0.15, 0.2) is 54.7 Å². The molecule has 0 radical (unpaired) electrons. The Labute approximate surface area is 211 Å². The fourth-order valence-corrected chi connectivity index (χ4v) is 3.71. The quantitative estimate of drug-likeness (QED) is 0.203. The highest BCUT2D eigenvalue weighted by atomic mass is 35.5. The summed E-state index contributed by atoms with van der Waals surface area (Å²) in [5.41, 5.74) is 2.75. The van der Waals surface area contributed by atoms with Crippen molar-refractivity contribution in [1.29, 1.82) is 0 Å². The Hall–Kier alpha value is -2.74. The first-order valence-electron chi connectivity index (χ1n) is 10.5. The second-order valence-corrected chi connectivity index (χ2v) is 8.56. The molecule has 3 rings (SSSR count). The molecule has 1 heterocycles. The largest absolute Gasteiger partial charge is 0.399 e. The number of aryl methyl sites for hydroxylation is 2. The van der Waals surface area contributed by atoms with E-state index in [9.17, 15) is 22.4 Å². The van der Waals surface area contributed by atoms with E-state index in [0.717, 1.165) is 30.3 Å². The summed E-state index contributed by atoms with van der Waals surface area (Å²) in [6.45, 7) is 3.90. The van der Waals surface area contributed by atoms with Crippen LogP contribution in [0.3, 0.4) is 0 Å². The lowest BCUT2D eigenvalue weighted by Crippen LogP contribution is -2.19. The Bertz CT molecular complexity index is 1170. The number of alkyl halides is 3. The summed E-state index contributed by atoms with van der Waals surface area (Å²) in [7, 11) is 1.90. The number of carbonyl (C=O) groups is 1. The lowest BCUT2D eigenvalue weighted by Gasteiger charge is -2.18. The number of allylic oxidation sites excluding steroid dienone is 1. The molecule has 1 aromatic heterocycles. The summed E-state index contributed by atoms with van der Waals surface area (Å²) in [6, 6.07) is 10.6. The van der Waals surface area contributed by atoms with Crippen molar-refractivity contribution in [3.05, 3.63) is 104 Å². The van der Waals surface area contributed by atoms with Gasteiger partial charge in [0.05, 0.1) is 10.9 Å². The third-order valence-corrected chi connectivity index (χ3v) is 5.50. The first-order chi connectivity index (χ1) is 16.5. The number of aldehydes is 1. The van der Waals surface area contributed by atoms with E-state index in [2.05, 4.69) is 10.3 Å². The molecular formula is C26H24Cl2F4N2O. The highest BCUT2D eigenvalue weighted by Gasteiger charge is 2.39. The Morgan fingerprint density at radius 2 is 1.77 bits per heavy atom. The van der Waals surface area contributed by atoms with Gasteiger partial charge in [-0.1, -0.05) is 59.6 Å². The zero-order chi connectivity index (χ0) is 26.2. The van der Waals surface area contributed by atoms with Gasteiger partial charge in [0.2, 0.25) is 0 Å². The number of pyridine rings is 1. The van der Waals surface area contributed by atoms with Crippen LogP contribution in [0.4, 0.5) is 17.6 Å². The molecule has 0 saturated heterocycles. The maximum absolute atomic E-state index is 13.6. The first-order valence-corrected chi connectivity index (χ1v) is 11.2. The van der Waals surface area contributed by atoms with Gasteiger partial charge in [-0.2, -0.15) is 13.2 Å². The van der Waals surface area contributed by atoms with E-state index in [-0.39, 0.29) is 16.1 Å². The van der Waals surface area contributed by atoms with Crippen LogP contribution in [0.2, 0.25) is 10.2 Å². The molecule has 0 saturated carbocycles. The third-order valence-electron chi connectivity index (χ3n) is 5.02. The summed E-state index contributed by atoms with van der Waals surface area (Å²) in [6.07, 6.45) is 0.159. The third kappa shape index (κ3) is 8.46. The van der Waals surface area contributed by atoms with Gasteiger partial charge in [-0.25, -0.2) is 9.37 Å². The van der Waals surface area contributed by atoms with Gasteiger partial charge in [0.15, 0.2) is 0 Å². The average molecular weight is 527 g/mol. The molecule has 0 bridgehead atoms. The Morgan fingerprint density at radius 1 is 1.06 bits per heavy atom. The van der Waals surface area contributed by atoms with Gasteiger partial charge in [-0.3, -0.25) is 4.79 Å². The van der Waals surface area contributed by atoms with Gasteiger partial charge < -0.3 is 5.32 Å². The van der Waals surface area contributed by atoms with Gasteiger partial charge >= 0.3 is 6.18 Å². The molecule has 3 nitrogen and oxygen atoms in total. The monoisotopic (exact) mass is 526 g/mol. The number of nitrogens with one attached hydrogen (secondary N) is 1. The minimum absolute atomic E-state index is 0.0522. The van der Waals surface area contributed by atoms with Crippen LogP contribution in [0.5, 0.6) is 0 Å². The van der Waals surface area contributed by atoms with Crippen molar-refractivity contribution in [2.24, 2.45) is 0 Å². The van der Waals surface area contributed by atoms with Crippen LogP contribution in [-0.2, 0) is 6.54 Å². The Balaban J connectivity index is 0.000000360. The van der Waals surface area contributed by atoms with Gasteiger partial charge in [0.25, 0.3) is 0 Å². The smallest absolute Gasteiger partial charge is 0.316 e. The van der Waals surface area contributed by atoms with E-state index in [0.29, 0.717) is 28.1 Å². The molecule has 2 aromatic carbocycles. The highest BCUT2D eigenvalue weighted by molar-refractivity contribution is 6.30. The lowest BCUT2D eigenvalue weighted by atomic mass is 9.95. The molecule has 0 aliphatic heterocycles. The number of hydrogen-bond donors (Lipinski definition) is 1. The number of hydrogen-bond acceptors (Lipinski definition) is 3. The fourth-order valence-electron chi connectivity index (χ4n) is 3.24. The maximum Gasteiger partial charge on any atom is 0.399 e. The summed E-state index contributed by atoms with van der Waals surface area (Å²) < 4.78 is 53.9. The second-order valence-electron chi connectivity index (χ2n) is 7.76. The zero-order valence-corrected chi connectivity index (χ0v) is 20.8. The minimum atomic E-state index is -4.55. The van der Waals surface area contributed by atoms with Crippen LogP contribution in [0.1, 0.15) is 44.1 Å². The average Bonchev–Trinajstić information content (AvgIpc) is 2.77. The number of rotatable bonds is 6. The van der Waals surface area contributed by atoms with Crippen LogP contribution in [0.25, 0.3) is 6.08 Å². The van der Waals surface area contributed by atoms with Gasteiger partial charge in [-0.15, -0.1) is 0 Å². The van der Waals surface area contributed by atoms with Gasteiger partial charge in [0.1, 0.15) is 17.3 Å². The van der Waals surface area contributed by atoms with E-state index < -0.39 is 17.9 Å². The maximum atomic E-state index is 13.6. The van der Waals surface area contributed by atoms with Crippen molar-refractivity contribution >= 4 is 35.6 Å². The van der Waals surface area contributed by atoms with E-state index in [1.807, 2.05) is 19.2 Å². The molecule has 0 aliphatic carbocycles. The molecule has 186 valence electrons. The van der Waals surface area contributed by atoms with Gasteiger partial charge in [-0.05, 0) is 66.9 Å². The van der Waals surface area contributed by atoms with Crippen LogP contribution < -0.4 is 5.32 Å². The predicted molar refractivity (Wildman–Crippen MR) is 133 cm³/mol. The lowest BCUT2D eigenvalue weighted by molar-refractivity contribution is -0.139. The van der Waals surface area contributed by atoms with Crippen molar-refractivity contribution in [3.63, 3.8) is 0 Å². The van der Waals surface area contributed by atoms with E-state index >= 15 is 0 Å². The predicted octanol–water partition coefficient (Wildman–Crippen LogP) is 7.72. The topological polar surface area (TPSA) is 42.0 Å². The first kappa shape index (κ1) is 28.5. The molecule has 0 amide bonds. The summed E-state index contributed by atoms with van der Waals surface area (Å²) in [5.74, 6) is -2.65. The molecule has 1 N–H and O–H groups in total. The SMILES string of the molecule is CNCc1ccnc(Cl)c1.Cc1cc(/C=C/C(c2cc(C)c(F)c(Cl)c2)C(F)(F)F)ccc1C=O. The normalized spacial score (nSPS) is 12.3. The molecule has 0 aliphatic rings. The standard InChI is InChI=1S/C19H15ClF4O.C7H9ClN2/c1-11-7-13(3-5-14(11)10-25)4-6-16(19(22,23)24)15-8-12(2)18(21)17(20)9-15;1-9-5-6-2-3-10-7(8)4-6/h3-10,16H,1-2H3;2-4,9H,5H2,1H3/b6-4+;. The molecular weight excluding hydrogens is 503 g/mol. The van der Waals surface area contributed by atoms with E-state index in [1.165, 1.54) is 13.0 Å². The zero-order valence-electron chi connectivity index (χ0n) is 19.3. The summed E-state index contributed by atoms with van der Waals surface area (Å²) >= 11 is 11.3. The van der Waals surface area contributed by atoms with Crippen LogP contribution in [0, 0.1) is 19.7 Å².